The van der Waals surface area contributed by atoms with Crippen LogP contribution in [0.5, 0.6) is 0 Å². The van der Waals surface area contributed by atoms with Gasteiger partial charge in [-0.05, 0) is 82.5 Å². The van der Waals surface area contributed by atoms with Crippen molar-refractivity contribution in [3.63, 3.8) is 0 Å². The minimum atomic E-state index is 0.00108. The van der Waals surface area contributed by atoms with E-state index in [9.17, 15) is 0 Å². The average molecular weight is 415 g/mol. The number of hydrogen-bond acceptors (Lipinski definition) is 0. The van der Waals surface area contributed by atoms with Gasteiger partial charge in [0.2, 0.25) is 0 Å². The molecule has 32 heavy (non-hydrogen) atoms. The van der Waals surface area contributed by atoms with E-state index in [-0.39, 0.29) is 5.41 Å². The fourth-order valence-electron chi connectivity index (χ4n) is 5.29. The summed E-state index contributed by atoms with van der Waals surface area (Å²) < 4.78 is 0. The number of benzene rings is 4. The minimum absolute atomic E-state index is 0.00108. The summed E-state index contributed by atoms with van der Waals surface area (Å²) >= 11 is 0. The van der Waals surface area contributed by atoms with Gasteiger partial charge in [-0.2, -0.15) is 0 Å². The van der Waals surface area contributed by atoms with Crippen molar-refractivity contribution in [3.8, 4) is 33.4 Å². The average Bonchev–Trinajstić information content (AvgIpc) is 3.01. The van der Waals surface area contributed by atoms with Crippen LogP contribution in [0.2, 0.25) is 0 Å². The van der Waals surface area contributed by atoms with E-state index in [0.29, 0.717) is 0 Å². The third kappa shape index (κ3) is 3.14. The van der Waals surface area contributed by atoms with E-state index in [0.717, 1.165) is 0 Å². The first-order chi connectivity index (χ1) is 15.4. The highest BCUT2D eigenvalue weighted by Gasteiger charge is 2.35. The van der Waals surface area contributed by atoms with Gasteiger partial charge in [0.1, 0.15) is 0 Å². The normalized spacial score (nSPS) is 13.9. The molecule has 5 rings (SSSR count). The van der Waals surface area contributed by atoms with Crippen molar-refractivity contribution in [2.75, 3.05) is 0 Å². The Bertz CT molecular complexity index is 1360. The van der Waals surface area contributed by atoms with Crippen LogP contribution < -0.4 is 0 Å². The van der Waals surface area contributed by atoms with E-state index in [1.165, 1.54) is 61.2 Å². The molecule has 0 bridgehead atoms. The first-order valence-corrected chi connectivity index (χ1v) is 11.5. The van der Waals surface area contributed by atoms with E-state index < -0.39 is 0 Å². The van der Waals surface area contributed by atoms with Crippen molar-refractivity contribution in [1.29, 1.82) is 0 Å². The highest BCUT2D eigenvalue weighted by molar-refractivity contribution is 5.89. The summed E-state index contributed by atoms with van der Waals surface area (Å²) in [7, 11) is 0. The third-order valence-electron chi connectivity index (χ3n) is 7.02. The van der Waals surface area contributed by atoms with Crippen LogP contribution in [-0.2, 0) is 5.41 Å². The first kappa shape index (κ1) is 20.5. The molecule has 0 aliphatic heterocycles. The molecule has 0 aromatic heterocycles. The molecule has 0 heterocycles. The lowest BCUT2D eigenvalue weighted by molar-refractivity contribution is 0.660. The molecule has 4 aromatic carbocycles. The summed E-state index contributed by atoms with van der Waals surface area (Å²) in [4.78, 5) is 0. The van der Waals surface area contributed by atoms with Gasteiger partial charge in [-0.25, -0.2) is 0 Å². The van der Waals surface area contributed by atoms with Crippen LogP contribution in [0.4, 0.5) is 0 Å². The van der Waals surface area contributed by atoms with Crippen molar-refractivity contribution in [1.82, 2.24) is 0 Å². The van der Waals surface area contributed by atoms with Crippen LogP contribution in [0.25, 0.3) is 39.5 Å². The van der Waals surface area contributed by atoms with Crippen molar-refractivity contribution < 1.29 is 0 Å². The molecule has 1 aliphatic carbocycles. The lowest BCUT2D eigenvalue weighted by atomic mass is 9.80. The van der Waals surface area contributed by atoms with Gasteiger partial charge in [-0.3, -0.25) is 0 Å². The van der Waals surface area contributed by atoms with Gasteiger partial charge in [0.25, 0.3) is 0 Å². The SMILES string of the molecule is C/C=C/c1c(-c2ccc3c(c2)C(C)(C)c2cc(C)ccc2-3)cccc1-c1ccccc1C. The Kier molecular flexibility index (Phi) is 4.90. The minimum Gasteiger partial charge on any atom is -0.0870 e. The second kappa shape index (κ2) is 7.64. The standard InChI is InChI=1S/C32H30/c1-6-10-26-25(13-9-14-27(26)24-12-8-7-11-22(24)3)23-16-18-29-28-17-15-21(2)19-30(28)32(4,5)31(29)20-23/h6-20H,1-5H3/b10-6+. The van der Waals surface area contributed by atoms with Gasteiger partial charge in [-0.1, -0.05) is 104 Å². The monoisotopic (exact) mass is 414 g/mol. The molecule has 0 heteroatoms. The highest BCUT2D eigenvalue weighted by atomic mass is 14.4. The Morgan fingerprint density at radius 1 is 0.625 bits per heavy atom. The predicted molar refractivity (Wildman–Crippen MR) is 139 cm³/mol. The van der Waals surface area contributed by atoms with Crippen LogP contribution in [0.15, 0.2) is 84.9 Å². The predicted octanol–water partition coefficient (Wildman–Crippen LogP) is 8.98. The number of aryl methyl sites for hydroxylation is 2. The van der Waals surface area contributed by atoms with Gasteiger partial charge in [0, 0.05) is 5.41 Å². The van der Waals surface area contributed by atoms with Crippen molar-refractivity contribution in [2.24, 2.45) is 0 Å². The maximum Gasteiger partial charge on any atom is 0.0159 e. The summed E-state index contributed by atoms with van der Waals surface area (Å²) in [6.45, 7) is 11.2. The zero-order valence-electron chi connectivity index (χ0n) is 19.7. The van der Waals surface area contributed by atoms with E-state index >= 15 is 0 Å². The second-order valence-electron chi connectivity index (χ2n) is 9.52. The zero-order valence-corrected chi connectivity index (χ0v) is 19.7. The van der Waals surface area contributed by atoms with E-state index in [4.69, 9.17) is 0 Å². The first-order valence-electron chi connectivity index (χ1n) is 11.5. The molecule has 0 radical (unpaired) electrons. The van der Waals surface area contributed by atoms with Crippen LogP contribution in [0.3, 0.4) is 0 Å². The van der Waals surface area contributed by atoms with E-state index in [1.54, 1.807) is 0 Å². The lowest BCUT2D eigenvalue weighted by Gasteiger charge is -2.23. The van der Waals surface area contributed by atoms with Crippen LogP contribution in [0, 0.1) is 13.8 Å². The van der Waals surface area contributed by atoms with E-state index in [2.05, 4.69) is 126 Å². The Morgan fingerprint density at radius 3 is 2.03 bits per heavy atom. The van der Waals surface area contributed by atoms with Crippen molar-refractivity contribution >= 4 is 6.08 Å². The Morgan fingerprint density at radius 2 is 1.28 bits per heavy atom. The molecule has 0 amide bonds. The molecule has 0 atom stereocenters. The summed E-state index contributed by atoms with van der Waals surface area (Å²) in [5.74, 6) is 0. The number of hydrogen-bond donors (Lipinski definition) is 0. The molecule has 4 aromatic rings. The van der Waals surface area contributed by atoms with Gasteiger partial charge >= 0.3 is 0 Å². The Labute approximate surface area is 192 Å². The molecule has 0 fully saturated rings. The fourth-order valence-corrected chi connectivity index (χ4v) is 5.29. The molecule has 0 N–H and O–H groups in total. The number of rotatable bonds is 3. The topological polar surface area (TPSA) is 0 Å². The Hall–Kier alpha value is -3.38. The highest BCUT2D eigenvalue weighted by Crippen LogP contribution is 2.50. The molecular weight excluding hydrogens is 384 g/mol. The van der Waals surface area contributed by atoms with Crippen LogP contribution in [-0.4, -0.2) is 0 Å². The molecular formula is C32H30. The van der Waals surface area contributed by atoms with Crippen molar-refractivity contribution in [2.45, 2.75) is 40.0 Å². The van der Waals surface area contributed by atoms with Gasteiger partial charge < -0.3 is 0 Å². The lowest BCUT2D eigenvalue weighted by Crippen LogP contribution is -2.15. The second-order valence-corrected chi connectivity index (χ2v) is 9.52. The van der Waals surface area contributed by atoms with Crippen LogP contribution in [0.1, 0.15) is 48.6 Å². The molecule has 0 saturated carbocycles. The summed E-state index contributed by atoms with van der Waals surface area (Å²) in [6, 6.07) is 29.3. The largest absolute Gasteiger partial charge is 0.0870 e. The molecule has 0 spiro atoms. The fraction of sp³-hybridized carbons (Fsp3) is 0.188. The molecule has 1 aliphatic rings. The van der Waals surface area contributed by atoms with Gasteiger partial charge in [0.05, 0.1) is 0 Å². The van der Waals surface area contributed by atoms with Crippen molar-refractivity contribution in [3.05, 3.63) is 113 Å². The quantitative estimate of drug-likeness (QED) is 0.314. The molecule has 0 nitrogen and oxygen atoms in total. The molecule has 0 saturated heterocycles. The smallest absolute Gasteiger partial charge is 0.0159 e. The number of allylic oxidation sites excluding steroid dienone is 1. The summed E-state index contributed by atoms with van der Waals surface area (Å²) in [5, 5.41) is 0. The van der Waals surface area contributed by atoms with Gasteiger partial charge in [0.15, 0.2) is 0 Å². The summed E-state index contributed by atoms with van der Waals surface area (Å²) in [5.41, 5.74) is 14.7. The number of fused-ring (bicyclic) bond motifs is 3. The Balaban J connectivity index is 1.71. The van der Waals surface area contributed by atoms with Gasteiger partial charge in [-0.15, -0.1) is 0 Å². The third-order valence-corrected chi connectivity index (χ3v) is 7.02. The zero-order chi connectivity index (χ0) is 22.5. The maximum absolute atomic E-state index is 2.43. The molecule has 0 unspecified atom stereocenters. The van der Waals surface area contributed by atoms with Crippen LogP contribution >= 0.6 is 0 Å². The molecule has 158 valence electrons. The summed E-state index contributed by atoms with van der Waals surface area (Å²) in [6.07, 6.45) is 4.41. The maximum atomic E-state index is 2.43. The van der Waals surface area contributed by atoms with E-state index in [1.807, 2.05) is 0 Å².